The van der Waals surface area contributed by atoms with Crippen molar-refractivity contribution in [1.29, 1.82) is 0 Å². The SMILES string of the molecule is O=C(Nc1ccc(S(=O)(=O)Nc2cccc(Cl)c2Cl)cc1)C1CCN(S(=O)(=O)Cc2cccc(Cl)c2)CC1. The Morgan fingerprint density at radius 1 is 0.895 bits per heavy atom. The molecule has 0 aromatic heterocycles. The second-order valence-electron chi connectivity index (χ2n) is 8.78. The molecule has 2 N–H and O–H groups in total. The van der Waals surface area contributed by atoms with Crippen LogP contribution < -0.4 is 10.0 Å². The van der Waals surface area contributed by atoms with Gasteiger partial charge in [0.05, 0.1) is 26.4 Å². The van der Waals surface area contributed by atoms with Crippen molar-refractivity contribution in [3.05, 3.63) is 87.4 Å². The van der Waals surface area contributed by atoms with E-state index in [-0.39, 0.29) is 51.3 Å². The lowest BCUT2D eigenvalue weighted by atomic mass is 9.97. The zero-order valence-corrected chi connectivity index (χ0v) is 23.8. The Balaban J connectivity index is 1.33. The van der Waals surface area contributed by atoms with Gasteiger partial charge in [0.15, 0.2) is 0 Å². The van der Waals surface area contributed by atoms with Crippen LogP contribution in [0.25, 0.3) is 0 Å². The highest BCUT2D eigenvalue weighted by Crippen LogP contribution is 2.31. The van der Waals surface area contributed by atoms with Crippen molar-refractivity contribution in [2.45, 2.75) is 23.5 Å². The van der Waals surface area contributed by atoms with Crippen molar-refractivity contribution in [3.63, 3.8) is 0 Å². The quantitative estimate of drug-likeness (QED) is 0.341. The van der Waals surface area contributed by atoms with E-state index in [4.69, 9.17) is 34.8 Å². The zero-order chi connectivity index (χ0) is 27.5. The summed E-state index contributed by atoms with van der Waals surface area (Å²) < 4.78 is 54.9. The lowest BCUT2D eigenvalue weighted by molar-refractivity contribution is -0.120. The average molecular weight is 617 g/mol. The number of anilines is 2. The molecule has 1 fully saturated rings. The largest absolute Gasteiger partial charge is 0.326 e. The highest BCUT2D eigenvalue weighted by atomic mass is 35.5. The van der Waals surface area contributed by atoms with Crippen LogP contribution in [0, 0.1) is 5.92 Å². The standard InChI is InChI=1S/C25H24Cl3N3O5S2/c26-19-4-1-3-17(15-19)16-37(33,34)31-13-11-18(12-14-31)25(32)29-20-7-9-21(10-8-20)38(35,36)30-23-6-2-5-22(27)24(23)28/h1-10,15,18,30H,11-14,16H2,(H,29,32). The number of piperidine rings is 1. The summed E-state index contributed by atoms with van der Waals surface area (Å²) >= 11 is 18.0. The third-order valence-electron chi connectivity index (χ3n) is 6.08. The van der Waals surface area contributed by atoms with Crippen molar-refractivity contribution in [1.82, 2.24) is 4.31 Å². The van der Waals surface area contributed by atoms with E-state index in [0.717, 1.165) is 0 Å². The molecule has 1 amide bonds. The number of nitrogens with one attached hydrogen (secondary N) is 2. The maximum atomic E-state index is 12.8. The van der Waals surface area contributed by atoms with Crippen molar-refractivity contribution in [3.8, 4) is 0 Å². The lowest BCUT2D eigenvalue weighted by Gasteiger charge is -2.30. The minimum atomic E-state index is -3.94. The van der Waals surface area contributed by atoms with Gasteiger partial charge >= 0.3 is 0 Å². The minimum Gasteiger partial charge on any atom is -0.326 e. The predicted octanol–water partition coefficient (Wildman–Crippen LogP) is 5.63. The van der Waals surface area contributed by atoms with Gasteiger partial charge in [-0.15, -0.1) is 0 Å². The predicted molar refractivity (Wildman–Crippen MR) is 151 cm³/mol. The van der Waals surface area contributed by atoms with Crippen molar-refractivity contribution in [2.75, 3.05) is 23.1 Å². The molecule has 0 unspecified atom stereocenters. The Bertz CT molecular complexity index is 1540. The molecule has 0 saturated carbocycles. The maximum absolute atomic E-state index is 12.8. The van der Waals surface area contributed by atoms with Crippen LogP contribution in [0.1, 0.15) is 18.4 Å². The van der Waals surface area contributed by atoms with Gasteiger partial charge in [-0.25, -0.2) is 21.1 Å². The molecule has 0 atom stereocenters. The number of amides is 1. The number of sulfonamides is 2. The zero-order valence-electron chi connectivity index (χ0n) is 19.9. The third kappa shape index (κ3) is 6.99. The molecule has 202 valence electrons. The molecule has 0 radical (unpaired) electrons. The third-order valence-corrected chi connectivity index (χ3v) is 10.4. The summed E-state index contributed by atoms with van der Waals surface area (Å²) in [5, 5.41) is 3.56. The summed E-state index contributed by atoms with van der Waals surface area (Å²) in [6.07, 6.45) is 0.745. The summed E-state index contributed by atoms with van der Waals surface area (Å²) in [5.74, 6) is -0.781. The van der Waals surface area contributed by atoms with E-state index in [1.807, 2.05) is 0 Å². The lowest BCUT2D eigenvalue weighted by Crippen LogP contribution is -2.41. The van der Waals surface area contributed by atoms with Crippen LogP contribution in [0.3, 0.4) is 0 Å². The van der Waals surface area contributed by atoms with E-state index in [0.29, 0.717) is 29.1 Å². The monoisotopic (exact) mass is 615 g/mol. The first-order valence-corrected chi connectivity index (χ1v) is 15.8. The number of benzene rings is 3. The summed E-state index contributed by atoms with van der Waals surface area (Å²) in [6, 6.07) is 17.0. The molecule has 3 aromatic rings. The van der Waals surface area contributed by atoms with Crippen LogP contribution in [-0.2, 0) is 30.6 Å². The summed E-state index contributed by atoms with van der Waals surface area (Å²) in [6.45, 7) is 0.464. The Labute approximate surface area is 237 Å². The molecule has 0 bridgehead atoms. The van der Waals surface area contributed by atoms with Gasteiger partial charge in [0.25, 0.3) is 10.0 Å². The van der Waals surface area contributed by atoms with Crippen molar-refractivity contribution < 1.29 is 21.6 Å². The Morgan fingerprint density at radius 3 is 2.21 bits per heavy atom. The molecule has 1 aliphatic heterocycles. The van der Waals surface area contributed by atoms with Crippen LogP contribution in [0.5, 0.6) is 0 Å². The molecule has 38 heavy (non-hydrogen) atoms. The fraction of sp³-hybridized carbons (Fsp3) is 0.240. The fourth-order valence-corrected chi connectivity index (χ4v) is 7.31. The molecule has 8 nitrogen and oxygen atoms in total. The molecule has 1 heterocycles. The highest BCUT2D eigenvalue weighted by molar-refractivity contribution is 7.92. The Morgan fingerprint density at radius 2 is 1.55 bits per heavy atom. The normalized spacial score (nSPS) is 15.2. The van der Waals surface area contributed by atoms with Crippen LogP contribution in [0.2, 0.25) is 15.1 Å². The minimum absolute atomic E-state index is 0.0234. The van der Waals surface area contributed by atoms with Gasteiger partial charge in [-0.1, -0.05) is 53.0 Å². The van der Waals surface area contributed by atoms with Gasteiger partial charge in [0.1, 0.15) is 0 Å². The number of halogens is 3. The van der Waals surface area contributed by atoms with E-state index in [9.17, 15) is 21.6 Å². The fourth-order valence-electron chi connectivity index (χ4n) is 4.07. The second-order valence-corrected chi connectivity index (χ2v) is 13.7. The van der Waals surface area contributed by atoms with Gasteiger partial charge in [0, 0.05) is 29.7 Å². The van der Waals surface area contributed by atoms with E-state index in [1.165, 1.54) is 34.6 Å². The Hall–Kier alpha value is -2.34. The van der Waals surface area contributed by atoms with Gasteiger partial charge < -0.3 is 5.32 Å². The molecule has 0 spiro atoms. The molecule has 1 saturated heterocycles. The van der Waals surface area contributed by atoms with E-state index in [2.05, 4.69) is 10.0 Å². The van der Waals surface area contributed by atoms with Gasteiger partial charge in [0.2, 0.25) is 15.9 Å². The number of hydrogen-bond donors (Lipinski definition) is 2. The molecular weight excluding hydrogens is 593 g/mol. The average Bonchev–Trinajstić information content (AvgIpc) is 2.87. The summed E-state index contributed by atoms with van der Waals surface area (Å²) in [5.41, 5.74) is 1.18. The topological polar surface area (TPSA) is 113 Å². The smallest absolute Gasteiger partial charge is 0.261 e. The first kappa shape index (κ1) is 28.7. The maximum Gasteiger partial charge on any atom is 0.261 e. The summed E-state index contributed by atoms with van der Waals surface area (Å²) in [7, 11) is -7.48. The molecular formula is C25H24Cl3N3O5S2. The van der Waals surface area contributed by atoms with Crippen LogP contribution in [0.4, 0.5) is 11.4 Å². The molecule has 1 aliphatic rings. The van der Waals surface area contributed by atoms with Gasteiger partial charge in [-0.2, -0.15) is 0 Å². The van der Waals surface area contributed by atoms with E-state index >= 15 is 0 Å². The highest BCUT2D eigenvalue weighted by Gasteiger charge is 2.31. The number of nitrogens with zero attached hydrogens (tertiary/aromatic N) is 1. The molecule has 4 rings (SSSR count). The number of hydrogen-bond acceptors (Lipinski definition) is 5. The first-order chi connectivity index (χ1) is 17.9. The number of carbonyl (C=O) groups is 1. The van der Waals surface area contributed by atoms with Crippen LogP contribution >= 0.6 is 34.8 Å². The number of carbonyl (C=O) groups excluding carboxylic acids is 1. The van der Waals surface area contributed by atoms with Crippen LogP contribution in [-0.4, -0.2) is 40.1 Å². The first-order valence-electron chi connectivity index (χ1n) is 11.5. The molecule has 13 heteroatoms. The van der Waals surface area contributed by atoms with Crippen LogP contribution in [0.15, 0.2) is 71.6 Å². The van der Waals surface area contributed by atoms with Crippen molar-refractivity contribution in [2.24, 2.45) is 5.92 Å². The number of rotatable bonds is 8. The van der Waals surface area contributed by atoms with E-state index in [1.54, 1.807) is 36.4 Å². The van der Waals surface area contributed by atoms with Gasteiger partial charge in [-0.05, 0) is 66.9 Å². The molecule has 3 aromatic carbocycles. The molecule has 0 aliphatic carbocycles. The van der Waals surface area contributed by atoms with Crippen molar-refractivity contribution >= 4 is 72.1 Å². The van der Waals surface area contributed by atoms with E-state index < -0.39 is 20.0 Å². The Kier molecular flexibility index (Phi) is 8.91. The summed E-state index contributed by atoms with van der Waals surface area (Å²) in [4.78, 5) is 12.8. The van der Waals surface area contributed by atoms with Gasteiger partial charge in [-0.3, -0.25) is 9.52 Å². The second kappa shape index (κ2) is 11.8.